The van der Waals surface area contributed by atoms with Crippen LogP contribution in [0.1, 0.15) is 30.0 Å². The number of thioether (sulfide) groups is 1. The van der Waals surface area contributed by atoms with E-state index in [0.29, 0.717) is 16.3 Å². The van der Waals surface area contributed by atoms with Crippen molar-refractivity contribution in [1.82, 2.24) is 15.4 Å². The number of hydrogen-bond acceptors (Lipinski definition) is 6. The lowest BCUT2D eigenvalue weighted by atomic mass is 9.95. The van der Waals surface area contributed by atoms with Crippen LogP contribution in [0, 0.1) is 6.92 Å². The van der Waals surface area contributed by atoms with Crippen molar-refractivity contribution in [3.05, 3.63) is 40.6 Å². The first-order valence-electron chi connectivity index (χ1n) is 8.88. The van der Waals surface area contributed by atoms with E-state index in [1.807, 2.05) is 0 Å². The van der Waals surface area contributed by atoms with Gasteiger partial charge in [0, 0.05) is 10.3 Å². The zero-order valence-corrected chi connectivity index (χ0v) is 17.4. The number of halogens is 1. The quantitative estimate of drug-likeness (QED) is 0.709. The Bertz CT molecular complexity index is 1040. The normalized spacial score (nSPS) is 24.8. The Labute approximate surface area is 175 Å². The number of amides is 2. The van der Waals surface area contributed by atoms with Crippen LogP contribution in [0.25, 0.3) is 11.3 Å². The second-order valence-electron chi connectivity index (χ2n) is 7.49. The molecular weight excluding hydrogens is 418 g/mol. The summed E-state index contributed by atoms with van der Waals surface area (Å²) in [4.78, 5) is 38.6. The highest BCUT2D eigenvalue weighted by Crippen LogP contribution is 2.50. The number of aliphatic carboxylic acids is 1. The van der Waals surface area contributed by atoms with Gasteiger partial charge in [0.1, 0.15) is 34.5 Å². The molecule has 2 amide bonds. The van der Waals surface area contributed by atoms with Crippen molar-refractivity contribution in [3.63, 3.8) is 0 Å². The van der Waals surface area contributed by atoms with Crippen molar-refractivity contribution in [1.29, 1.82) is 0 Å². The van der Waals surface area contributed by atoms with E-state index < -0.39 is 40.0 Å². The van der Waals surface area contributed by atoms with Gasteiger partial charge in [-0.25, -0.2) is 4.79 Å². The molecule has 0 bridgehead atoms. The van der Waals surface area contributed by atoms with Gasteiger partial charge in [0.25, 0.3) is 5.91 Å². The predicted octanol–water partition coefficient (Wildman–Crippen LogP) is 2.55. The van der Waals surface area contributed by atoms with Gasteiger partial charge in [-0.3, -0.25) is 9.59 Å². The number of fused-ring (bicyclic) bond motifs is 1. The summed E-state index contributed by atoms with van der Waals surface area (Å²) in [5.74, 6) is -1.70. The second kappa shape index (κ2) is 6.77. The number of hydrogen-bond donors (Lipinski definition) is 2. The minimum atomic E-state index is -1.06. The van der Waals surface area contributed by atoms with Crippen LogP contribution in [0.4, 0.5) is 0 Å². The molecule has 0 unspecified atom stereocenters. The summed E-state index contributed by atoms with van der Waals surface area (Å²) in [6.07, 6.45) is 0. The average Bonchev–Trinajstić information content (AvgIpc) is 3.15. The number of rotatable bonds is 4. The van der Waals surface area contributed by atoms with E-state index in [2.05, 4.69) is 10.5 Å². The van der Waals surface area contributed by atoms with E-state index >= 15 is 0 Å². The molecule has 2 aliphatic rings. The van der Waals surface area contributed by atoms with Crippen molar-refractivity contribution in [2.45, 2.75) is 43.0 Å². The van der Waals surface area contributed by atoms with E-state index in [1.165, 1.54) is 16.7 Å². The standard InChI is InChI=1S/C19H18ClN3O5S/c1-8-11(12(22-28-8)9-6-4-5-7-10(9)20)15(24)21-13-16(25)23-14(18(26)27)19(2,3)29-17(13)23/h4-7,13-14,17H,1-3H3,(H,21,24)(H,26,27)/t13-,14+,17-/m0/s1. The van der Waals surface area contributed by atoms with Crippen molar-refractivity contribution >= 4 is 41.1 Å². The summed E-state index contributed by atoms with van der Waals surface area (Å²) in [6, 6.07) is 5.18. The van der Waals surface area contributed by atoms with E-state index in [4.69, 9.17) is 16.1 Å². The largest absolute Gasteiger partial charge is 0.480 e. The van der Waals surface area contributed by atoms with Gasteiger partial charge in [-0.1, -0.05) is 35.0 Å². The number of carboxylic acids is 1. The van der Waals surface area contributed by atoms with Crippen LogP contribution in [0.2, 0.25) is 5.02 Å². The van der Waals surface area contributed by atoms with Crippen molar-refractivity contribution in [2.75, 3.05) is 0 Å². The summed E-state index contributed by atoms with van der Waals surface area (Å²) in [5.41, 5.74) is 1.03. The van der Waals surface area contributed by atoms with Gasteiger partial charge < -0.3 is 19.8 Å². The number of carboxylic acid groups (broad SMARTS) is 1. The number of nitrogens with zero attached hydrogens (tertiary/aromatic N) is 2. The highest BCUT2D eigenvalue weighted by atomic mass is 35.5. The summed E-state index contributed by atoms with van der Waals surface area (Å²) < 4.78 is 4.54. The van der Waals surface area contributed by atoms with Crippen LogP contribution in [-0.2, 0) is 9.59 Å². The molecule has 29 heavy (non-hydrogen) atoms. The smallest absolute Gasteiger partial charge is 0.327 e. The van der Waals surface area contributed by atoms with Crippen molar-refractivity contribution < 1.29 is 24.0 Å². The van der Waals surface area contributed by atoms with Crippen LogP contribution >= 0.6 is 23.4 Å². The molecule has 0 spiro atoms. The Kier molecular flexibility index (Phi) is 4.62. The fourth-order valence-corrected chi connectivity index (χ4v) is 5.69. The van der Waals surface area contributed by atoms with Crippen LogP contribution in [0.15, 0.2) is 28.8 Å². The number of carbonyl (C=O) groups excluding carboxylic acids is 2. The van der Waals surface area contributed by atoms with Crippen LogP contribution in [0.5, 0.6) is 0 Å². The molecule has 2 N–H and O–H groups in total. The van der Waals surface area contributed by atoms with Gasteiger partial charge in [0.05, 0.1) is 5.02 Å². The second-order valence-corrected chi connectivity index (χ2v) is 9.67. The van der Waals surface area contributed by atoms with E-state index in [-0.39, 0.29) is 11.3 Å². The lowest BCUT2D eigenvalue weighted by Gasteiger charge is -2.43. The highest BCUT2D eigenvalue weighted by Gasteiger charge is 2.64. The first-order valence-corrected chi connectivity index (χ1v) is 10.1. The number of benzene rings is 1. The molecule has 2 aromatic rings. The van der Waals surface area contributed by atoms with Gasteiger partial charge in [0.15, 0.2) is 0 Å². The Balaban J connectivity index is 1.60. The minimum Gasteiger partial charge on any atom is -0.480 e. The van der Waals surface area contributed by atoms with Gasteiger partial charge >= 0.3 is 5.97 Å². The van der Waals surface area contributed by atoms with Gasteiger partial charge in [-0.05, 0) is 26.8 Å². The molecule has 3 heterocycles. The number of nitrogens with one attached hydrogen (secondary N) is 1. The number of aryl methyl sites for hydroxylation is 1. The minimum absolute atomic E-state index is 0.196. The van der Waals surface area contributed by atoms with E-state index in [1.54, 1.807) is 45.0 Å². The molecule has 0 radical (unpaired) electrons. The summed E-state index contributed by atoms with van der Waals surface area (Å²) >= 11 is 7.59. The maximum Gasteiger partial charge on any atom is 0.327 e. The third kappa shape index (κ3) is 3.00. The topological polar surface area (TPSA) is 113 Å². The molecule has 0 saturated carbocycles. The highest BCUT2D eigenvalue weighted by molar-refractivity contribution is 8.01. The molecule has 10 heteroatoms. The summed E-state index contributed by atoms with van der Waals surface area (Å²) in [6.45, 7) is 5.16. The van der Waals surface area contributed by atoms with Crippen LogP contribution < -0.4 is 5.32 Å². The van der Waals surface area contributed by atoms with Gasteiger partial charge in [-0.15, -0.1) is 11.8 Å². The molecule has 1 aromatic carbocycles. The number of aromatic nitrogens is 1. The fourth-order valence-electron chi connectivity index (χ4n) is 3.84. The summed E-state index contributed by atoms with van der Waals surface area (Å²) in [7, 11) is 0. The maximum atomic E-state index is 13.0. The Morgan fingerprint density at radius 3 is 2.69 bits per heavy atom. The SMILES string of the molecule is Cc1onc(-c2ccccc2Cl)c1C(=O)N[C@H]1C(=O)N2[C@H]1SC(C)(C)[C@H]2C(=O)O. The zero-order chi connectivity index (χ0) is 21.1. The van der Waals surface area contributed by atoms with Crippen LogP contribution in [0.3, 0.4) is 0 Å². The lowest BCUT2D eigenvalue weighted by molar-refractivity contribution is -0.159. The Morgan fingerprint density at radius 2 is 2.03 bits per heavy atom. The molecule has 1 aromatic heterocycles. The molecule has 3 atom stereocenters. The van der Waals surface area contributed by atoms with Gasteiger partial charge in [-0.2, -0.15) is 0 Å². The third-order valence-electron chi connectivity index (χ3n) is 5.18. The molecule has 2 saturated heterocycles. The summed E-state index contributed by atoms with van der Waals surface area (Å²) in [5, 5.41) is 16.2. The maximum absolute atomic E-state index is 13.0. The fraction of sp³-hybridized carbons (Fsp3) is 0.368. The first-order chi connectivity index (χ1) is 13.6. The molecule has 2 aliphatic heterocycles. The number of β-lactam (4-membered cyclic amide) rings is 1. The molecular formula is C19H18ClN3O5S. The van der Waals surface area contributed by atoms with Crippen molar-refractivity contribution in [3.8, 4) is 11.3 Å². The van der Waals surface area contributed by atoms with Crippen LogP contribution in [-0.4, -0.2) is 55.2 Å². The lowest BCUT2D eigenvalue weighted by Crippen LogP contribution is -2.70. The van der Waals surface area contributed by atoms with E-state index in [0.717, 1.165) is 0 Å². The van der Waals surface area contributed by atoms with Crippen molar-refractivity contribution in [2.24, 2.45) is 0 Å². The third-order valence-corrected chi connectivity index (χ3v) is 7.08. The Morgan fingerprint density at radius 1 is 1.34 bits per heavy atom. The van der Waals surface area contributed by atoms with Gasteiger partial charge in [0.2, 0.25) is 5.91 Å². The first kappa shape index (κ1) is 19.8. The monoisotopic (exact) mass is 435 g/mol. The predicted molar refractivity (Wildman–Crippen MR) is 107 cm³/mol. The number of carbonyl (C=O) groups is 3. The zero-order valence-electron chi connectivity index (χ0n) is 15.8. The molecule has 2 fully saturated rings. The molecule has 4 rings (SSSR count). The molecule has 152 valence electrons. The Hall–Kier alpha value is -2.52. The molecule has 8 nitrogen and oxygen atoms in total. The van der Waals surface area contributed by atoms with E-state index in [9.17, 15) is 19.5 Å². The molecule has 0 aliphatic carbocycles. The average molecular weight is 436 g/mol.